The molecule has 0 saturated carbocycles. The summed E-state index contributed by atoms with van der Waals surface area (Å²) in [4.78, 5) is 0. The van der Waals surface area contributed by atoms with Gasteiger partial charge in [0.15, 0.2) is 0 Å². The van der Waals surface area contributed by atoms with Gasteiger partial charge in [0.25, 0.3) is 0 Å². The zero-order chi connectivity index (χ0) is 14.6. The minimum Gasteiger partial charge on any atom is -0.488 e. The van der Waals surface area contributed by atoms with Crippen molar-refractivity contribution < 1.29 is 9.47 Å². The van der Waals surface area contributed by atoms with Crippen LogP contribution in [0.3, 0.4) is 0 Å². The molecule has 1 aromatic rings. The van der Waals surface area contributed by atoms with Gasteiger partial charge in [-0.3, -0.25) is 0 Å². The summed E-state index contributed by atoms with van der Waals surface area (Å²) in [6.07, 6.45) is 7.71. The summed E-state index contributed by atoms with van der Waals surface area (Å²) in [5, 5.41) is 0. The first-order valence-electron chi connectivity index (χ1n) is 7.37. The molecule has 0 unspecified atom stereocenters. The third-order valence-corrected chi connectivity index (χ3v) is 3.65. The third-order valence-electron chi connectivity index (χ3n) is 3.03. The minimum absolute atomic E-state index is 0.527. The molecule has 0 aromatic heterocycles. The van der Waals surface area contributed by atoms with Gasteiger partial charge in [-0.1, -0.05) is 44.9 Å². The van der Waals surface area contributed by atoms with E-state index in [4.69, 9.17) is 9.47 Å². The summed E-state index contributed by atoms with van der Waals surface area (Å²) in [5.74, 6) is 0.856. The van der Waals surface area contributed by atoms with Crippen LogP contribution in [-0.4, -0.2) is 19.8 Å². The zero-order valence-corrected chi connectivity index (χ0v) is 14.0. The van der Waals surface area contributed by atoms with Crippen LogP contribution in [0, 0.1) is 0 Å². The lowest BCUT2D eigenvalue weighted by Crippen LogP contribution is -2.01. The molecule has 0 bridgehead atoms. The molecule has 0 aliphatic rings. The molecule has 0 aliphatic heterocycles. The van der Waals surface area contributed by atoms with Crippen LogP contribution in [0.2, 0.25) is 0 Å². The van der Waals surface area contributed by atoms with E-state index in [9.17, 15) is 0 Å². The fraction of sp³-hybridized carbons (Fsp3) is 0.529. The highest BCUT2D eigenvalue weighted by molar-refractivity contribution is 9.10. The maximum atomic E-state index is 5.66. The van der Waals surface area contributed by atoms with E-state index in [2.05, 4.69) is 41.6 Å². The SMILES string of the molecule is C=CCOc1ccc(CCOCCCCCC)cc1Br. The minimum atomic E-state index is 0.527. The van der Waals surface area contributed by atoms with Gasteiger partial charge in [0.05, 0.1) is 11.1 Å². The van der Waals surface area contributed by atoms with Crippen LogP contribution in [0.5, 0.6) is 5.75 Å². The number of halogens is 1. The van der Waals surface area contributed by atoms with Crippen molar-refractivity contribution >= 4 is 15.9 Å². The Kier molecular flexibility index (Phi) is 9.42. The Balaban J connectivity index is 2.23. The van der Waals surface area contributed by atoms with Gasteiger partial charge >= 0.3 is 0 Å². The predicted octanol–water partition coefficient (Wildman–Crippen LogP) is 5.15. The van der Waals surface area contributed by atoms with E-state index in [0.29, 0.717) is 6.61 Å². The molecule has 0 radical (unpaired) electrons. The molecule has 112 valence electrons. The molecule has 0 aliphatic carbocycles. The normalized spacial score (nSPS) is 10.5. The molecule has 0 atom stereocenters. The van der Waals surface area contributed by atoms with Gasteiger partial charge in [0.1, 0.15) is 12.4 Å². The van der Waals surface area contributed by atoms with Gasteiger partial charge in [0.2, 0.25) is 0 Å². The van der Waals surface area contributed by atoms with Crippen LogP contribution in [0.25, 0.3) is 0 Å². The molecule has 0 fully saturated rings. The van der Waals surface area contributed by atoms with Crippen molar-refractivity contribution in [2.75, 3.05) is 19.8 Å². The Morgan fingerprint density at radius 3 is 2.75 bits per heavy atom. The second-order valence-electron chi connectivity index (χ2n) is 4.79. The first kappa shape index (κ1) is 17.3. The van der Waals surface area contributed by atoms with Crippen molar-refractivity contribution in [1.82, 2.24) is 0 Å². The van der Waals surface area contributed by atoms with E-state index in [1.54, 1.807) is 6.08 Å². The Hall–Kier alpha value is -0.800. The maximum Gasteiger partial charge on any atom is 0.133 e. The second kappa shape index (κ2) is 10.9. The van der Waals surface area contributed by atoms with Crippen molar-refractivity contribution in [2.24, 2.45) is 0 Å². The fourth-order valence-corrected chi connectivity index (χ4v) is 2.43. The van der Waals surface area contributed by atoms with Crippen LogP contribution in [0.4, 0.5) is 0 Å². The van der Waals surface area contributed by atoms with Crippen LogP contribution in [0.15, 0.2) is 35.3 Å². The van der Waals surface area contributed by atoms with E-state index >= 15 is 0 Å². The molecule has 0 heterocycles. The average molecular weight is 341 g/mol. The Morgan fingerprint density at radius 2 is 2.05 bits per heavy atom. The fourth-order valence-electron chi connectivity index (χ4n) is 1.89. The van der Waals surface area contributed by atoms with Crippen LogP contribution >= 0.6 is 15.9 Å². The van der Waals surface area contributed by atoms with Crippen molar-refractivity contribution in [3.63, 3.8) is 0 Å². The molecule has 1 aromatic carbocycles. The molecule has 0 amide bonds. The summed E-state index contributed by atoms with van der Waals surface area (Å²) in [6.45, 7) is 8.05. The molecule has 3 heteroatoms. The quantitative estimate of drug-likeness (QED) is 0.409. The predicted molar refractivity (Wildman–Crippen MR) is 88.5 cm³/mol. The average Bonchev–Trinajstić information content (AvgIpc) is 2.45. The highest BCUT2D eigenvalue weighted by Crippen LogP contribution is 2.26. The van der Waals surface area contributed by atoms with Gasteiger partial charge in [-0.2, -0.15) is 0 Å². The number of unbranched alkanes of at least 4 members (excludes halogenated alkanes) is 3. The van der Waals surface area contributed by atoms with E-state index in [1.807, 2.05) is 6.07 Å². The van der Waals surface area contributed by atoms with Gasteiger partial charge in [0, 0.05) is 6.61 Å². The molecule has 0 N–H and O–H groups in total. The largest absolute Gasteiger partial charge is 0.488 e. The molecule has 0 spiro atoms. The zero-order valence-electron chi connectivity index (χ0n) is 12.4. The molecule has 20 heavy (non-hydrogen) atoms. The van der Waals surface area contributed by atoms with Crippen LogP contribution in [-0.2, 0) is 11.2 Å². The highest BCUT2D eigenvalue weighted by Gasteiger charge is 2.02. The summed E-state index contributed by atoms with van der Waals surface area (Å²) >= 11 is 3.53. The summed E-state index contributed by atoms with van der Waals surface area (Å²) < 4.78 is 12.2. The Morgan fingerprint density at radius 1 is 1.20 bits per heavy atom. The first-order valence-corrected chi connectivity index (χ1v) is 8.17. The van der Waals surface area contributed by atoms with Crippen LogP contribution in [0.1, 0.15) is 38.2 Å². The molecule has 0 saturated heterocycles. The number of benzene rings is 1. The van der Waals surface area contributed by atoms with E-state index in [1.165, 1.54) is 31.2 Å². The molecular weight excluding hydrogens is 316 g/mol. The lowest BCUT2D eigenvalue weighted by atomic mass is 10.1. The monoisotopic (exact) mass is 340 g/mol. The van der Waals surface area contributed by atoms with Crippen molar-refractivity contribution in [3.8, 4) is 5.75 Å². The van der Waals surface area contributed by atoms with Gasteiger partial charge < -0.3 is 9.47 Å². The Bertz CT molecular complexity index is 391. The van der Waals surface area contributed by atoms with Crippen molar-refractivity contribution in [1.29, 1.82) is 0 Å². The van der Waals surface area contributed by atoms with Crippen molar-refractivity contribution in [2.45, 2.75) is 39.0 Å². The standard InChI is InChI=1S/C17H25BrO2/c1-3-5-6-7-12-19-13-10-15-8-9-17(16(18)14-15)20-11-4-2/h4,8-9,14H,2-3,5-7,10-13H2,1H3. The smallest absolute Gasteiger partial charge is 0.133 e. The number of rotatable bonds is 11. The number of ether oxygens (including phenoxy) is 2. The first-order chi connectivity index (χ1) is 9.77. The van der Waals surface area contributed by atoms with E-state index in [0.717, 1.165) is 29.9 Å². The number of hydrogen-bond acceptors (Lipinski definition) is 2. The topological polar surface area (TPSA) is 18.5 Å². The van der Waals surface area contributed by atoms with Crippen molar-refractivity contribution in [3.05, 3.63) is 40.9 Å². The lowest BCUT2D eigenvalue weighted by Gasteiger charge is -2.08. The van der Waals surface area contributed by atoms with E-state index < -0.39 is 0 Å². The summed E-state index contributed by atoms with van der Waals surface area (Å²) in [7, 11) is 0. The maximum absolute atomic E-state index is 5.66. The second-order valence-corrected chi connectivity index (χ2v) is 5.64. The lowest BCUT2D eigenvalue weighted by molar-refractivity contribution is 0.133. The summed E-state index contributed by atoms with van der Waals surface area (Å²) in [5.41, 5.74) is 1.26. The van der Waals surface area contributed by atoms with Gasteiger partial charge in [-0.05, 0) is 46.5 Å². The summed E-state index contributed by atoms with van der Waals surface area (Å²) in [6, 6.07) is 6.17. The van der Waals surface area contributed by atoms with Crippen LogP contribution < -0.4 is 4.74 Å². The molecule has 1 rings (SSSR count). The molecule has 2 nitrogen and oxygen atoms in total. The number of hydrogen-bond donors (Lipinski definition) is 0. The van der Waals surface area contributed by atoms with Gasteiger partial charge in [-0.15, -0.1) is 0 Å². The highest BCUT2D eigenvalue weighted by atomic mass is 79.9. The Labute approximate surface area is 131 Å². The van der Waals surface area contributed by atoms with E-state index in [-0.39, 0.29) is 0 Å². The molecular formula is C17H25BrO2. The van der Waals surface area contributed by atoms with Gasteiger partial charge in [-0.25, -0.2) is 0 Å². The third kappa shape index (κ3) is 7.11.